The third kappa shape index (κ3) is 4.66. The number of ether oxygens (including phenoxy) is 1. The highest BCUT2D eigenvalue weighted by Crippen LogP contribution is 2.28. The number of benzene rings is 1. The zero-order chi connectivity index (χ0) is 21.8. The Morgan fingerprint density at radius 3 is 2.53 bits per heavy atom. The van der Waals surface area contributed by atoms with Crippen LogP contribution in [0.3, 0.4) is 0 Å². The van der Waals surface area contributed by atoms with E-state index in [1.54, 1.807) is 36.3 Å². The van der Waals surface area contributed by atoms with Crippen LogP contribution in [0.2, 0.25) is 0 Å². The van der Waals surface area contributed by atoms with Crippen molar-refractivity contribution in [2.24, 2.45) is 13.0 Å². The van der Waals surface area contributed by atoms with Gasteiger partial charge in [-0.1, -0.05) is 6.42 Å². The molecule has 2 aromatic rings. The van der Waals surface area contributed by atoms with Gasteiger partial charge in [-0.2, -0.15) is 5.10 Å². The van der Waals surface area contributed by atoms with Crippen LogP contribution in [-0.2, 0) is 18.3 Å². The monoisotopic (exact) mass is 412 g/mol. The largest absolute Gasteiger partial charge is 0.497 e. The minimum atomic E-state index is -0.173. The summed E-state index contributed by atoms with van der Waals surface area (Å²) in [4.78, 5) is 27.5. The molecular formula is C23H32N4O3. The Balaban J connectivity index is 1.59. The molecule has 1 heterocycles. The number of methoxy groups -OCH3 is 1. The summed E-state index contributed by atoms with van der Waals surface area (Å²) < 4.78 is 7.02. The van der Waals surface area contributed by atoms with Crippen molar-refractivity contribution in [1.29, 1.82) is 0 Å². The van der Waals surface area contributed by atoms with E-state index in [1.165, 1.54) is 5.56 Å². The molecule has 1 N–H and O–H groups in total. The van der Waals surface area contributed by atoms with E-state index < -0.39 is 0 Å². The fraction of sp³-hybridized carbons (Fsp3) is 0.522. The average molecular weight is 413 g/mol. The second-order valence-corrected chi connectivity index (χ2v) is 8.13. The zero-order valence-corrected chi connectivity index (χ0v) is 18.6. The van der Waals surface area contributed by atoms with Crippen LogP contribution in [0.4, 0.5) is 0 Å². The quantitative estimate of drug-likeness (QED) is 0.759. The van der Waals surface area contributed by atoms with Crippen LogP contribution in [0.15, 0.2) is 24.3 Å². The summed E-state index contributed by atoms with van der Waals surface area (Å²) in [5.41, 5.74) is 3.93. The Labute approximate surface area is 178 Å². The highest BCUT2D eigenvalue weighted by Gasteiger charge is 2.35. The van der Waals surface area contributed by atoms with E-state index in [0.29, 0.717) is 17.9 Å². The molecule has 0 aliphatic heterocycles. The lowest BCUT2D eigenvalue weighted by Crippen LogP contribution is -2.45. The molecule has 0 radical (unpaired) electrons. The Bertz CT molecular complexity index is 904. The van der Waals surface area contributed by atoms with Gasteiger partial charge in [0.1, 0.15) is 5.75 Å². The second kappa shape index (κ2) is 9.32. The lowest BCUT2D eigenvalue weighted by atomic mass is 10.0. The molecule has 3 rings (SSSR count). The summed E-state index contributed by atoms with van der Waals surface area (Å²) in [6, 6.07) is 6.89. The van der Waals surface area contributed by atoms with E-state index in [1.807, 2.05) is 25.7 Å². The van der Waals surface area contributed by atoms with Crippen molar-refractivity contribution in [2.45, 2.75) is 45.6 Å². The molecule has 162 valence electrons. The second-order valence-electron chi connectivity index (χ2n) is 8.13. The summed E-state index contributed by atoms with van der Waals surface area (Å²) in [5.74, 6) is 0.493. The number of amides is 2. The number of aromatic nitrogens is 2. The molecule has 2 atom stereocenters. The van der Waals surface area contributed by atoms with Crippen molar-refractivity contribution in [2.75, 3.05) is 20.7 Å². The number of rotatable bonds is 7. The first-order valence-electron chi connectivity index (χ1n) is 10.5. The summed E-state index contributed by atoms with van der Waals surface area (Å²) in [6.07, 6.45) is 3.36. The Hall–Kier alpha value is -2.83. The minimum Gasteiger partial charge on any atom is -0.497 e. The zero-order valence-electron chi connectivity index (χ0n) is 18.6. The molecule has 7 heteroatoms. The predicted octanol–water partition coefficient (Wildman–Crippen LogP) is 2.65. The maximum Gasteiger partial charge on any atom is 0.251 e. The fourth-order valence-corrected chi connectivity index (χ4v) is 4.27. The van der Waals surface area contributed by atoms with Gasteiger partial charge >= 0.3 is 0 Å². The van der Waals surface area contributed by atoms with Gasteiger partial charge in [0.15, 0.2) is 0 Å². The van der Waals surface area contributed by atoms with Gasteiger partial charge in [-0.3, -0.25) is 14.3 Å². The summed E-state index contributed by atoms with van der Waals surface area (Å²) in [7, 11) is 5.39. The molecule has 1 aromatic carbocycles. The Morgan fingerprint density at radius 1 is 1.23 bits per heavy atom. The Morgan fingerprint density at radius 2 is 1.93 bits per heavy atom. The summed E-state index contributed by atoms with van der Waals surface area (Å²) in [5, 5.41) is 7.53. The molecule has 1 aliphatic rings. The van der Waals surface area contributed by atoms with Crippen LogP contribution >= 0.6 is 0 Å². The van der Waals surface area contributed by atoms with Gasteiger partial charge < -0.3 is 15.0 Å². The molecular weight excluding hydrogens is 380 g/mol. The topological polar surface area (TPSA) is 76.5 Å². The van der Waals surface area contributed by atoms with Crippen molar-refractivity contribution < 1.29 is 14.3 Å². The highest BCUT2D eigenvalue weighted by atomic mass is 16.5. The number of hydrogen-bond acceptors (Lipinski definition) is 4. The molecule has 0 bridgehead atoms. The number of aryl methyl sites for hydroxylation is 2. The SMILES string of the molecule is COc1ccc(C(=O)N[C@@H]2CCC[C@@H]2C(=O)N(C)CCc2c(C)nn(C)c2C)cc1. The lowest BCUT2D eigenvalue weighted by molar-refractivity contribution is -0.134. The molecule has 7 nitrogen and oxygen atoms in total. The van der Waals surface area contributed by atoms with Crippen molar-refractivity contribution in [3.8, 4) is 5.75 Å². The number of hydrogen-bond donors (Lipinski definition) is 1. The van der Waals surface area contributed by atoms with Gasteiger partial charge in [-0.05, 0) is 62.9 Å². The number of likely N-dealkylation sites (N-methyl/N-ethyl adjacent to an activating group) is 1. The van der Waals surface area contributed by atoms with E-state index in [9.17, 15) is 9.59 Å². The van der Waals surface area contributed by atoms with Crippen molar-refractivity contribution in [3.63, 3.8) is 0 Å². The Kier molecular flexibility index (Phi) is 6.80. The van der Waals surface area contributed by atoms with E-state index in [2.05, 4.69) is 17.3 Å². The van der Waals surface area contributed by atoms with Crippen LogP contribution in [0.5, 0.6) is 5.75 Å². The van der Waals surface area contributed by atoms with Crippen LogP contribution < -0.4 is 10.1 Å². The molecule has 1 fully saturated rings. The minimum absolute atomic E-state index is 0.103. The number of nitrogens with zero attached hydrogens (tertiary/aromatic N) is 3. The van der Waals surface area contributed by atoms with E-state index in [4.69, 9.17) is 4.74 Å². The number of carbonyl (C=O) groups is 2. The van der Waals surface area contributed by atoms with Gasteiger partial charge in [0.25, 0.3) is 5.91 Å². The lowest BCUT2D eigenvalue weighted by Gasteiger charge is -2.26. The average Bonchev–Trinajstić information content (AvgIpc) is 3.29. The number of carbonyl (C=O) groups excluding carboxylic acids is 2. The van der Waals surface area contributed by atoms with E-state index in [-0.39, 0.29) is 23.8 Å². The predicted molar refractivity (Wildman–Crippen MR) is 116 cm³/mol. The van der Waals surface area contributed by atoms with Crippen molar-refractivity contribution in [3.05, 3.63) is 46.8 Å². The van der Waals surface area contributed by atoms with Crippen LogP contribution in [0, 0.1) is 19.8 Å². The van der Waals surface area contributed by atoms with Crippen molar-refractivity contribution in [1.82, 2.24) is 20.0 Å². The van der Waals surface area contributed by atoms with Crippen molar-refractivity contribution >= 4 is 11.8 Å². The fourth-order valence-electron chi connectivity index (χ4n) is 4.27. The third-order valence-corrected chi connectivity index (χ3v) is 6.23. The smallest absolute Gasteiger partial charge is 0.251 e. The summed E-state index contributed by atoms with van der Waals surface area (Å²) >= 11 is 0. The van der Waals surface area contributed by atoms with Gasteiger partial charge in [-0.25, -0.2) is 0 Å². The molecule has 0 saturated heterocycles. The van der Waals surface area contributed by atoms with E-state index >= 15 is 0 Å². The van der Waals surface area contributed by atoms with Crippen LogP contribution in [-0.4, -0.2) is 53.2 Å². The number of nitrogens with one attached hydrogen (secondary N) is 1. The standard InChI is InChI=1S/C23H32N4O3/c1-15-19(16(2)27(4)25-15)13-14-26(3)23(29)20-7-6-8-21(20)24-22(28)17-9-11-18(30-5)12-10-17/h9-12,20-21H,6-8,13-14H2,1-5H3,(H,24,28)/t20-,21+/m0/s1. The highest BCUT2D eigenvalue weighted by molar-refractivity contribution is 5.95. The first-order chi connectivity index (χ1) is 14.3. The molecule has 1 aliphatic carbocycles. The van der Waals surface area contributed by atoms with E-state index in [0.717, 1.165) is 37.1 Å². The molecule has 1 aromatic heterocycles. The third-order valence-electron chi connectivity index (χ3n) is 6.23. The summed E-state index contributed by atoms with van der Waals surface area (Å²) in [6.45, 7) is 4.70. The van der Waals surface area contributed by atoms with Gasteiger partial charge in [0.2, 0.25) is 5.91 Å². The molecule has 0 unspecified atom stereocenters. The molecule has 30 heavy (non-hydrogen) atoms. The first-order valence-corrected chi connectivity index (χ1v) is 10.5. The van der Waals surface area contributed by atoms with Gasteiger partial charge in [-0.15, -0.1) is 0 Å². The molecule has 2 amide bonds. The first kappa shape index (κ1) is 21.9. The van der Waals surface area contributed by atoms with Gasteiger partial charge in [0, 0.05) is 37.9 Å². The maximum absolute atomic E-state index is 13.1. The van der Waals surface area contributed by atoms with Gasteiger partial charge in [0.05, 0.1) is 18.7 Å². The normalized spacial score (nSPS) is 18.3. The van der Waals surface area contributed by atoms with Crippen LogP contribution in [0.25, 0.3) is 0 Å². The van der Waals surface area contributed by atoms with Crippen LogP contribution in [0.1, 0.15) is 46.6 Å². The molecule has 1 saturated carbocycles. The maximum atomic E-state index is 13.1. The molecule has 0 spiro atoms.